The summed E-state index contributed by atoms with van der Waals surface area (Å²) in [5.41, 5.74) is 0.0457. The van der Waals surface area contributed by atoms with Gasteiger partial charge in [0.2, 0.25) is 0 Å². The van der Waals surface area contributed by atoms with Crippen molar-refractivity contribution in [3.63, 3.8) is 0 Å². The maximum absolute atomic E-state index is 12.5. The van der Waals surface area contributed by atoms with Gasteiger partial charge in [0, 0.05) is 0 Å². The molecule has 3 aromatic rings. The second-order valence-corrected chi connectivity index (χ2v) is 6.58. The van der Waals surface area contributed by atoms with Gasteiger partial charge in [0.25, 0.3) is 0 Å². The summed E-state index contributed by atoms with van der Waals surface area (Å²) in [5, 5.41) is 1.70. The molecule has 0 atom stereocenters. The third-order valence-corrected chi connectivity index (χ3v) is 4.73. The summed E-state index contributed by atoms with van der Waals surface area (Å²) in [7, 11) is -2.86. The molecule has 3 rings (SSSR count). The number of para-hydroxylation sites is 1. The molecule has 0 aromatic heterocycles. The summed E-state index contributed by atoms with van der Waals surface area (Å²) in [5.74, 6) is -0.739. The fraction of sp³-hybridized carbons (Fsp3) is 0.0556. The minimum Gasteiger partial charge on any atom is -0.465 e. The molecule has 0 radical (unpaired) electrons. The number of hydrogen-bond acceptors (Lipinski definition) is 5. The Morgan fingerprint density at radius 1 is 0.875 bits per heavy atom. The lowest BCUT2D eigenvalue weighted by molar-refractivity contribution is 0.0599. The van der Waals surface area contributed by atoms with Crippen LogP contribution in [-0.4, -0.2) is 21.5 Å². The van der Waals surface area contributed by atoms with E-state index in [-0.39, 0.29) is 16.2 Å². The molecule has 0 aliphatic carbocycles. The van der Waals surface area contributed by atoms with Crippen LogP contribution in [0.25, 0.3) is 10.8 Å². The van der Waals surface area contributed by atoms with Gasteiger partial charge in [0.1, 0.15) is 10.5 Å². The normalized spacial score (nSPS) is 11.2. The maximum Gasteiger partial charge on any atom is 0.341 e. The molecule has 5 nitrogen and oxygen atoms in total. The molecule has 0 fully saturated rings. The van der Waals surface area contributed by atoms with Crippen LogP contribution in [0.15, 0.2) is 71.6 Å². The molecule has 3 aromatic carbocycles. The standard InChI is InChI=1S/C18H14O5S/c1-22-18(19)16-8-4-5-9-17(16)23-24(20,21)15-11-10-13-6-2-3-7-14(13)12-15/h2-12H,1H3. The van der Waals surface area contributed by atoms with Gasteiger partial charge in [0.15, 0.2) is 5.75 Å². The van der Waals surface area contributed by atoms with Gasteiger partial charge in [-0.15, -0.1) is 0 Å². The van der Waals surface area contributed by atoms with E-state index < -0.39 is 16.1 Å². The van der Waals surface area contributed by atoms with E-state index in [2.05, 4.69) is 4.74 Å². The van der Waals surface area contributed by atoms with Crippen LogP contribution in [-0.2, 0) is 14.9 Å². The first-order valence-corrected chi connectivity index (χ1v) is 8.53. The highest BCUT2D eigenvalue weighted by Crippen LogP contribution is 2.25. The van der Waals surface area contributed by atoms with Crippen molar-refractivity contribution < 1.29 is 22.1 Å². The van der Waals surface area contributed by atoms with Gasteiger partial charge in [-0.2, -0.15) is 8.42 Å². The predicted octanol–water partition coefficient (Wildman–Crippen LogP) is 3.39. The van der Waals surface area contributed by atoms with Gasteiger partial charge in [-0.3, -0.25) is 0 Å². The highest BCUT2D eigenvalue weighted by molar-refractivity contribution is 7.87. The first-order valence-electron chi connectivity index (χ1n) is 7.12. The molecule has 0 aliphatic heterocycles. The van der Waals surface area contributed by atoms with Crippen molar-refractivity contribution in [2.75, 3.05) is 7.11 Å². The predicted molar refractivity (Wildman–Crippen MR) is 89.5 cm³/mol. The van der Waals surface area contributed by atoms with Crippen molar-refractivity contribution in [1.82, 2.24) is 0 Å². The summed E-state index contributed by atoms with van der Waals surface area (Å²) < 4.78 is 34.9. The monoisotopic (exact) mass is 342 g/mol. The van der Waals surface area contributed by atoms with Crippen LogP contribution >= 0.6 is 0 Å². The Balaban J connectivity index is 2.01. The quantitative estimate of drug-likeness (QED) is 0.537. The van der Waals surface area contributed by atoms with Gasteiger partial charge in [-0.25, -0.2) is 4.79 Å². The number of carbonyl (C=O) groups is 1. The van der Waals surface area contributed by atoms with E-state index in [1.165, 1.54) is 31.4 Å². The van der Waals surface area contributed by atoms with Crippen LogP contribution in [0, 0.1) is 0 Å². The molecule has 0 amide bonds. The van der Waals surface area contributed by atoms with E-state index in [1.54, 1.807) is 18.2 Å². The molecule has 0 N–H and O–H groups in total. The van der Waals surface area contributed by atoms with E-state index in [9.17, 15) is 13.2 Å². The largest absolute Gasteiger partial charge is 0.465 e. The van der Waals surface area contributed by atoms with E-state index in [0.29, 0.717) is 0 Å². The topological polar surface area (TPSA) is 69.7 Å². The minimum atomic E-state index is -4.08. The fourth-order valence-corrected chi connectivity index (χ4v) is 3.29. The van der Waals surface area contributed by atoms with Gasteiger partial charge < -0.3 is 8.92 Å². The summed E-state index contributed by atoms with van der Waals surface area (Å²) in [4.78, 5) is 11.7. The lowest BCUT2D eigenvalue weighted by Gasteiger charge is -2.10. The van der Waals surface area contributed by atoms with Crippen LogP contribution in [0.3, 0.4) is 0 Å². The molecule has 6 heteroatoms. The number of rotatable bonds is 4. The van der Waals surface area contributed by atoms with Crippen molar-refractivity contribution in [1.29, 1.82) is 0 Å². The Morgan fingerprint density at radius 2 is 1.54 bits per heavy atom. The lowest BCUT2D eigenvalue weighted by atomic mass is 10.1. The number of carbonyl (C=O) groups excluding carboxylic acids is 1. The number of ether oxygens (including phenoxy) is 1. The average molecular weight is 342 g/mol. The van der Waals surface area contributed by atoms with E-state index in [4.69, 9.17) is 4.18 Å². The van der Waals surface area contributed by atoms with Gasteiger partial charge in [-0.1, -0.05) is 42.5 Å². The van der Waals surface area contributed by atoms with Crippen LogP contribution in [0.5, 0.6) is 5.75 Å². The van der Waals surface area contributed by atoms with E-state index >= 15 is 0 Å². The van der Waals surface area contributed by atoms with Crippen LogP contribution in [0.1, 0.15) is 10.4 Å². The van der Waals surface area contributed by atoms with Crippen molar-refractivity contribution in [3.8, 4) is 5.75 Å². The Kier molecular flexibility index (Phi) is 4.22. The van der Waals surface area contributed by atoms with Gasteiger partial charge in [0.05, 0.1) is 7.11 Å². The summed E-state index contributed by atoms with van der Waals surface area (Å²) in [6, 6.07) is 18.1. The highest BCUT2D eigenvalue weighted by Gasteiger charge is 2.21. The van der Waals surface area contributed by atoms with Crippen LogP contribution in [0.4, 0.5) is 0 Å². The van der Waals surface area contributed by atoms with Crippen molar-refractivity contribution >= 4 is 26.9 Å². The van der Waals surface area contributed by atoms with Crippen molar-refractivity contribution in [3.05, 3.63) is 72.3 Å². The van der Waals surface area contributed by atoms with E-state index in [1.807, 2.05) is 24.3 Å². The third-order valence-electron chi connectivity index (χ3n) is 3.50. The summed E-state index contributed by atoms with van der Waals surface area (Å²) >= 11 is 0. The smallest absolute Gasteiger partial charge is 0.341 e. The first-order chi connectivity index (χ1) is 11.5. The molecule has 0 heterocycles. The Hall–Kier alpha value is -2.86. The fourth-order valence-electron chi connectivity index (χ4n) is 2.31. The van der Waals surface area contributed by atoms with Crippen LogP contribution in [0.2, 0.25) is 0 Å². The SMILES string of the molecule is COC(=O)c1ccccc1OS(=O)(=O)c1ccc2ccccc2c1. The molecule has 24 heavy (non-hydrogen) atoms. The average Bonchev–Trinajstić information content (AvgIpc) is 2.60. The molecule has 0 saturated heterocycles. The molecule has 122 valence electrons. The maximum atomic E-state index is 12.5. The zero-order valence-corrected chi connectivity index (χ0v) is 13.6. The number of methoxy groups -OCH3 is 1. The highest BCUT2D eigenvalue weighted by atomic mass is 32.2. The lowest BCUT2D eigenvalue weighted by Crippen LogP contribution is -2.13. The molecule has 0 spiro atoms. The number of fused-ring (bicyclic) bond motifs is 1. The second-order valence-electron chi connectivity index (χ2n) is 5.03. The summed E-state index contributed by atoms with van der Waals surface area (Å²) in [6.45, 7) is 0. The molecule has 0 saturated carbocycles. The Morgan fingerprint density at radius 3 is 2.29 bits per heavy atom. The first kappa shape index (κ1) is 16.0. The Bertz CT molecular complexity index is 1010. The number of hydrogen-bond donors (Lipinski definition) is 0. The second kappa shape index (κ2) is 6.33. The zero-order valence-electron chi connectivity index (χ0n) is 12.8. The zero-order chi connectivity index (χ0) is 17.2. The van der Waals surface area contributed by atoms with Crippen molar-refractivity contribution in [2.24, 2.45) is 0 Å². The van der Waals surface area contributed by atoms with Gasteiger partial charge >= 0.3 is 16.1 Å². The van der Waals surface area contributed by atoms with E-state index in [0.717, 1.165) is 10.8 Å². The molecule has 0 unspecified atom stereocenters. The molecular weight excluding hydrogens is 328 g/mol. The van der Waals surface area contributed by atoms with Crippen LogP contribution < -0.4 is 4.18 Å². The number of benzene rings is 3. The Labute approximate surface area is 139 Å². The summed E-state index contributed by atoms with van der Waals surface area (Å²) in [6.07, 6.45) is 0. The molecule has 0 bridgehead atoms. The third kappa shape index (κ3) is 3.09. The minimum absolute atomic E-state index is 0.0147. The van der Waals surface area contributed by atoms with Crippen molar-refractivity contribution in [2.45, 2.75) is 4.90 Å². The molecule has 0 aliphatic rings. The van der Waals surface area contributed by atoms with Gasteiger partial charge in [-0.05, 0) is 35.0 Å². The molecular formula is C18H14O5S. The number of esters is 1.